The van der Waals surface area contributed by atoms with Crippen molar-refractivity contribution in [1.29, 1.82) is 0 Å². The van der Waals surface area contributed by atoms with Crippen LogP contribution in [0.15, 0.2) is 39.6 Å². The summed E-state index contributed by atoms with van der Waals surface area (Å²) >= 11 is 0. The summed E-state index contributed by atoms with van der Waals surface area (Å²) in [6, 6.07) is 5.93. The molecule has 0 spiro atoms. The van der Waals surface area contributed by atoms with Crippen molar-refractivity contribution in [2.75, 3.05) is 7.05 Å². The van der Waals surface area contributed by atoms with Crippen molar-refractivity contribution in [3.8, 4) is 0 Å². The molecule has 0 bridgehead atoms. The lowest BCUT2D eigenvalue weighted by Crippen LogP contribution is -2.17. The minimum Gasteiger partial charge on any atom is -0.469 e. The Morgan fingerprint density at radius 1 is 1.27 bits per heavy atom. The van der Waals surface area contributed by atoms with Crippen LogP contribution in [0.3, 0.4) is 0 Å². The second-order valence-corrected chi connectivity index (χ2v) is 3.39. The Labute approximate surface area is 89.1 Å². The molecule has 2 rings (SSSR count). The molecule has 2 heterocycles. The predicted molar refractivity (Wildman–Crippen MR) is 57.7 cm³/mol. The highest BCUT2D eigenvalue weighted by molar-refractivity contribution is 5.28. The molecule has 0 radical (unpaired) electrons. The third-order valence-electron chi connectivity index (χ3n) is 2.53. The standard InChI is InChI=1S/C12H15NO2/c1-3-10-9(6-8-15-10)12(13-2)11-5-4-7-14-11/h4-8,12-13H,3H2,1-2H3. The molecular formula is C12H15NO2. The smallest absolute Gasteiger partial charge is 0.125 e. The number of furan rings is 2. The fraction of sp³-hybridized carbons (Fsp3) is 0.333. The average Bonchev–Trinajstić information content (AvgIpc) is 2.89. The number of hydrogen-bond donors (Lipinski definition) is 1. The number of hydrogen-bond acceptors (Lipinski definition) is 3. The summed E-state index contributed by atoms with van der Waals surface area (Å²) in [6.45, 7) is 2.08. The maximum atomic E-state index is 5.41. The molecule has 1 unspecified atom stereocenters. The lowest BCUT2D eigenvalue weighted by molar-refractivity contribution is 0.452. The first-order valence-electron chi connectivity index (χ1n) is 5.13. The monoisotopic (exact) mass is 205 g/mol. The Kier molecular flexibility index (Phi) is 2.92. The van der Waals surface area contributed by atoms with Crippen molar-refractivity contribution in [1.82, 2.24) is 5.32 Å². The van der Waals surface area contributed by atoms with Gasteiger partial charge in [0.25, 0.3) is 0 Å². The highest BCUT2D eigenvalue weighted by Crippen LogP contribution is 2.26. The quantitative estimate of drug-likeness (QED) is 0.834. The highest BCUT2D eigenvalue weighted by atomic mass is 16.3. The fourth-order valence-electron chi connectivity index (χ4n) is 1.80. The van der Waals surface area contributed by atoms with Crippen molar-refractivity contribution in [3.63, 3.8) is 0 Å². The maximum Gasteiger partial charge on any atom is 0.125 e. The van der Waals surface area contributed by atoms with Gasteiger partial charge in [-0.2, -0.15) is 0 Å². The summed E-state index contributed by atoms with van der Waals surface area (Å²) in [5, 5.41) is 3.23. The summed E-state index contributed by atoms with van der Waals surface area (Å²) in [4.78, 5) is 0. The Balaban J connectivity index is 2.35. The lowest BCUT2D eigenvalue weighted by atomic mass is 10.0. The van der Waals surface area contributed by atoms with Gasteiger partial charge in [-0.05, 0) is 25.2 Å². The molecule has 3 nitrogen and oxygen atoms in total. The van der Waals surface area contributed by atoms with Crippen LogP contribution in [0.5, 0.6) is 0 Å². The Morgan fingerprint density at radius 2 is 2.13 bits per heavy atom. The minimum absolute atomic E-state index is 0.0775. The van der Waals surface area contributed by atoms with Gasteiger partial charge in [-0.3, -0.25) is 0 Å². The zero-order valence-corrected chi connectivity index (χ0v) is 8.99. The van der Waals surface area contributed by atoms with E-state index < -0.39 is 0 Å². The molecule has 0 aliphatic rings. The van der Waals surface area contributed by atoms with Gasteiger partial charge in [0.05, 0.1) is 18.6 Å². The van der Waals surface area contributed by atoms with Crippen LogP contribution in [0.1, 0.15) is 30.0 Å². The van der Waals surface area contributed by atoms with E-state index in [9.17, 15) is 0 Å². The first kappa shape index (κ1) is 10.1. The molecule has 1 N–H and O–H groups in total. The molecule has 2 aromatic rings. The topological polar surface area (TPSA) is 38.3 Å². The summed E-state index contributed by atoms with van der Waals surface area (Å²) in [6.07, 6.45) is 4.30. The Bertz CT molecular complexity index is 403. The van der Waals surface area contributed by atoms with Crippen LogP contribution < -0.4 is 5.32 Å². The van der Waals surface area contributed by atoms with Crippen molar-refractivity contribution in [3.05, 3.63) is 47.8 Å². The minimum atomic E-state index is 0.0775. The molecule has 1 atom stereocenters. The molecular weight excluding hydrogens is 190 g/mol. The first-order chi connectivity index (χ1) is 7.36. The van der Waals surface area contributed by atoms with Crippen LogP contribution in [0.2, 0.25) is 0 Å². The molecule has 3 heteroatoms. The Hall–Kier alpha value is -1.48. The second-order valence-electron chi connectivity index (χ2n) is 3.39. The van der Waals surface area contributed by atoms with Gasteiger partial charge in [0.1, 0.15) is 11.5 Å². The predicted octanol–water partition coefficient (Wildman–Crippen LogP) is 2.74. The summed E-state index contributed by atoms with van der Waals surface area (Å²) in [7, 11) is 1.92. The third-order valence-corrected chi connectivity index (χ3v) is 2.53. The summed E-state index contributed by atoms with van der Waals surface area (Å²) in [5.74, 6) is 1.92. The van der Waals surface area contributed by atoms with Gasteiger partial charge in [0.2, 0.25) is 0 Å². The van der Waals surface area contributed by atoms with Crippen LogP contribution in [0.4, 0.5) is 0 Å². The molecule has 15 heavy (non-hydrogen) atoms. The average molecular weight is 205 g/mol. The molecule has 0 amide bonds. The maximum absolute atomic E-state index is 5.41. The molecule has 0 saturated carbocycles. The second kappa shape index (κ2) is 4.36. The van der Waals surface area contributed by atoms with Gasteiger partial charge >= 0.3 is 0 Å². The van der Waals surface area contributed by atoms with E-state index in [2.05, 4.69) is 12.2 Å². The van der Waals surface area contributed by atoms with E-state index >= 15 is 0 Å². The fourth-order valence-corrected chi connectivity index (χ4v) is 1.80. The zero-order chi connectivity index (χ0) is 10.7. The van der Waals surface area contributed by atoms with Gasteiger partial charge < -0.3 is 14.2 Å². The van der Waals surface area contributed by atoms with E-state index in [4.69, 9.17) is 8.83 Å². The lowest BCUT2D eigenvalue weighted by Gasteiger charge is -2.13. The van der Waals surface area contributed by atoms with Gasteiger partial charge in [-0.15, -0.1) is 0 Å². The third kappa shape index (κ3) is 1.83. The normalized spacial score (nSPS) is 12.9. The van der Waals surface area contributed by atoms with Crippen LogP contribution >= 0.6 is 0 Å². The molecule has 0 saturated heterocycles. The highest BCUT2D eigenvalue weighted by Gasteiger charge is 2.19. The Morgan fingerprint density at radius 3 is 2.73 bits per heavy atom. The van der Waals surface area contributed by atoms with E-state index in [1.165, 1.54) is 0 Å². The van der Waals surface area contributed by atoms with Crippen molar-refractivity contribution in [2.24, 2.45) is 0 Å². The molecule has 0 aromatic carbocycles. The van der Waals surface area contributed by atoms with Crippen LogP contribution in [0, 0.1) is 0 Å². The number of nitrogens with one attached hydrogen (secondary N) is 1. The van der Waals surface area contributed by atoms with Crippen LogP contribution in [0.25, 0.3) is 0 Å². The molecule has 0 aliphatic carbocycles. The largest absolute Gasteiger partial charge is 0.469 e. The van der Waals surface area contributed by atoms with Crippen molar-refractivity contribution >= 4 is 0 Å². The SMILES string of the molecule is CCc1occc1C(NC)c1ccco1. The van der Waals surface area contributed by atoms with E-state index in [1.807, 2.05) is 25.2 Å². The van der Waals surface area contributed by atoms with Crippen LogP contribution in [-0.4, -0.2) is 7.05 Å². The van der Waals surface area contributed by atoms with Gasteiger partial charge in [0.15, 0.2) is 0 Å². The molecule has 0 aliphatic heterocycles. The number of rotatable bonds is 4. The van der Waals surface area contributed by atoms with E-state index in [-0.39, 0.29) is 6.04 Å². The van der Waals surface area contributed by atoms with E-state index in [0.29, 0.717) is 0 Å². The van der Waals surface area contributed by atoms with E-state index in [0.717, 1.165) is 23.5 Å². The number of aryl methyl sites for hydroxylation is 1. The first-order valence-corrected chi connectivity index (χ1v) is 5.13. The van der Waals surface area contributed by atoms with Crippen molar-refractivity contribution in [2.45, 2.75) is 19.4 Å². The van der Waals surface area contributed by atoms with Crippen molar-refractivity contribution < 1.29 is 8.83 Å². The van der Waals surface area contributed by atoms with Gasteiger partial charge in [0, 0.05) is 12.0 Å². The molecule has 80 valence electrons. The van der Waals surface area contributed by atoms with Crippen LogP contribution in [-0.2, 0) is 6.42 Å². The molecule has 0 fully saturated rings. The molecule has 2 aromatic heterocycles. The van der Waals surface area contributed by atoms with Gasteiger partial charge in [-0.25, -0.2) is 0 Å². The zero-order valence-electron chi connectivity index (χ0n) is 8.99. The summed E-state index contributed by atoms with van der Waals surface area (Å²) in [5.41, 5.74) is 1.15. The van der Waals surface area contributed by atoms with E-state index in [1.54, 1.807) is 12.5 Å². The van der Waals surface area contributed by atoms with Gasteiger partial charge in [-0.1, -0.05) is 6.92 Å². The summed E-state index contributed by atoms with van der Waals surface area (Å²) < 4.78 is 10.8.